The molecule has 5 rings (SSSR count). The molecule has 1 heterocycles. The van der Waals surface area contributed by atoms with E-state index in [9.17, 15) is 0 Å². The van der Waals surface area contributed by atoms with Crippen molar-refractivity contribution in [3.8, 4) is 0 Å². The third-order valence-corrected chi connectivity index (χ3v) is 6.21. The highest BCUT2D eigenvalue weighted by Gasteiger charge is 2.54. The predicted octanol–water partition coefficient (Wildman–Crippen LogP) is 3.73. The van der Waals surface area contributed by atoms with Gasteiger partial charge in [0.25, 0.3) is 0 Å². The van der Waals surface area contributed by atoms with E-state index < -0.39 is 0 Å². The summed E-state index contributed by atoms with van der Waals surface area (Å²) in [6.07, 6.45) is 15.7. The van der Waals surface area contributed by atoms with E-state index in [-0.39, 0.29) is 0 Å². The fourth-order valence-electron chi connectivity index (χ4n) is 5.97. The van der Waals surface area contributed by atoms with Gasteiger partial charge in [0.1, 0.15) is 6.33 Å². The lowest BCUT2D eigenvalue weighted by molar-refractivity contribution is -0.0749. The van der Waals surface area contributed by atoms with Crippen LogP contribution < -0.4 is 5.32 Å². The third kappa shape index (κ3) is 2.40. The Morgan fingerprint density at radius 1 is 1.10 bits per heavy atom. The van der Waals surface area contributed by atoms with E-state index in [0.29, 0.717) is 11.5 Å². The molecule has 4 saturated carbocycles. The van der Waals surface area contributed by atoms with Gasteiger partial charge in [-0.1, -0.05) is 6.92 Å². The quantitative estimate of drug-likeness (QED) is 0.895. The number of hydrogen-bond donors (Lipinski definition) is 1. The summed E-state index contributed by atoms with van der Waals surface area (Å²) in [6, 6.07) is 0.465. The SMILES string of the molecule is CCCNC(c1cncnc1)C12CC3CC(CC(C3)C1)C2. The molecule has 4 aliphatic carbocycles. The van der Waals surface area contributed by atoms with Gasteiger partial charge >= 0.3 is 0 Å². The molecule has 21 heavy (non-hydrogen) atoms. The van der Waals surface area contributed by atoms with Gasteiger partial charge in [-0.25, -0.2) is 9.97 Å². The van der Waals surface area contributed by atoms with Crippen LogP contribution in [0.2, 0.25) is 0 Å². The van der Waals surface area contributed by atoms with Gasteiger partial charge in [0.2, 0.25) is 0 Å². The summed E-state index contributed by atoms with van der Waals surface area (Å²) in [7, 11) is 0. The lowest BCUT2D eigenvalue weighted by Gasteiger charge is -2.59. The van der Waals surface area contributed by atoms with E-state index in [0.717, 1.165) is 24.3 Å². The van der Waals surface area contributed by atoms with Gasteiger partial charge < -0.3 is 5.32 Å². The summed E-state index contributed by atoms with van der Waals surface area (Å²) in [5.41, 5.74) is 1.79. The van der Waals surface area contributed by atoms with Gasteiger partial charge in [0.05, 0.1) is 0 Å². The molecule has 3 heteroatoms. The molecular weight excluding hydrogens is 258 g/mol. The second kappa shape index (κ2) is 5.35. The molecule has 3 nitrogen and oxygen atoms in total. The maximum absolute atomic E-state index is 4.29. The van der Waals surface area contributed by atoms with Crippen molar-refractivity contribution in [2.75, 3.05) is 6.54 Å². The Morgan fingerprint density at radius 3 is 2.19 bits per heavy atom. The van der Waals surface area contributed by atoms with Gasteiger partial charge in [-0.05, 0) is 74.7 Å². The van der Waals surface area contributed by atoms with Crippen LogP contribution in [0.25, 0.3) is 0 Å². The standard InChI is InChI=1S/C18H27N3/c1-2-3-21-17(16-10-19-12-20-11-16)18-7-13-4-14(8-18)6-15(5-13)9-18/h10-15,17,21H,2-9H2,1H3. The minimum Gasteiger partial charge on any atom is -0.309 e. The molecule has 1 aromatic rings. The van der Waals surface area contributed by atoms with Crippen molar-refractivity contribution < 1.29 is 0 Å². The number of nitrogens with one attached hydrogen (secondary N) is 1. The average molecular weight is 285 g/mol. The first-order valence-corrected chi connectivity index (χ1v) is 8.77. The molecule has 4 aliphatic rings. The van der Waals surface area contributed by atoms with Gasteiger partial charge in [0, 0.05) is 24.0 Å². The Balaban J connectivity index is 1.66. The van der Waals surface area contributed by atoms with E-state index in [4.69, 9.17) is 0 Å². The molecule has 4 bridgehead atoms. The summed E-state index contributed by atoms with van der Waals surface area (Å²) in [5, 5.41) is 3.86. The highest BCUT2D eigenvalue weighted by Crippen LogP contribution is 2.63. The summed E-state index contributed by atoms with van der Waals surface area (Å²) < 4.78 is 0. The maximum atomic E-state index is 4.29. The van der Waals surface area contributed by atoms with Gasteiger partial charge in [-0.2, -0.15) is 0 Å². The fraction of sp³-hybridized carbons (Fsp3) is 0.778. The summed E-state index contributed by atoms with van der Waals surface area (Å²) in [6.45, 7) is 3.35. The van der Waals surface area contributed by atoms with Crippen LogP contribution in [0.15, 0.2) is 18.7 Å². The van der Waals surface area contributed by atoms with Crippen molar-refractivity contribution in [2.45, 2.75) is 57.9 Å². The van der Waals surface area contributed by atoms with E-state index in [2.05, 4.69) is 22.2 Å². The zero-order valence-electron chi connectivity index (χ0n) is 13.1. The van der Waals surface area contributed by atoms with Crippen LogP contribution in [0.1, 0.15) is 63.5 Å². The minimum absolute atomic E-state index is 0.465. The Bertz CT molecular complexity index is 449. The zero-order valence-corrected chi connectivity index (χ0v) is 13.1. The average Bonchev–Trinajstić information content (AvgIpc) is 2.47. The van der Waals surface area contributed by atoms with Crippen LogP contribution in [-0.2, 0) is 0 Å². The van der Waals surface area contributed by atoms with Crippen LogP contribution in [0, 0.1) is 23.2 Å². The van der Waals surface area contributed by atoms with Crippen LogP contribution in [0.5, 0.6) is 0 Å². The van der Waals surface area contributed by atoms with E-state index in [1.54, 1.807) is 6.33 Å². The fourth-order valence-corrected chi connectivity index (χ4v) is 5.97. The molecule has 0 amide bonds. The second-order valence-electron chi connectivity index (χ2n) is 7.84. The summed E-state index contributed by atoms with van der Waals surface area (Å²) >= 11 is 0. The lowest BCUT2D eigenvalue weighted by atomic mass is 9.47. The molecule has 0 aromatic carbocycles. The highest BCUT2D eigenvalue weighted by atomic mass is 15.0. The first-order chi connectivity index (χ1) is 10.3. The number of aromatic nitrogens is 2. The third-order valence-electron chi connectivity index (χ3n) is 6.21. The van der Waals surface area contributed by atoms with E-state index >= 15 is 0 Å². The molecule has 1 N–H and O–H groups in total. The van der Waals surface area contributed by atoms with Gasteiger partial charge in [0.15, 0.2) is 0 Å². The van der Waals surface area contributed by atoms with Crippen LogP contribution in [0.4, 0.5) is 0 Å². The van der Waals surface area contributed by atoms with E-state index in [1.807, 2.05) is 12.4 Å². The monoisotopic (exact) mass is 285 g/mol. The lowest BCUT2D eigenvalue weighted by Crippen LogP contribution is -2.52. The summed E-state index contributed by atoms with van der Waals surface area (Å²) in [5.74, 6) is 2.98. The molecule has 1 aromatic heterocycles. The van der Waals surface area contributed by atoms with Gasteiger partial charge in [-0.15, -0.1) is 0 Å². The Hall–Kier alpha value is -0.960. The largest absolute Gasteiger partial charge is 0.309 e. The molecule has 0 radical (unpaired) electrons. The topological polar surface area (TPSA) is 37.8 Å². The van der Waals surface area contributed by atoms with Crippen molar-refractivity contribution in [3.05, 3.63) is 24.3 Å². The summed E-state index contributed by atoms with van der Waals surface area (Å²) in [4.78, 5) is 8.58. The van der Waals surface area contributed by atoms with Crippen molar-refractivity contribution in [1.29, 1.82) is 0 Å². The molecule has 0 spiro atoms. The van der Waals surface area contributed by atoms with Crippen molar-refractivity contribution >= 4 is 0 Å². The molecule has 1 atom stereocenters. The normalized spacial score (nSPS) is 38.6. The maximum Gasteiger partial charge on any atom is 0.115 e. The van der Waals surface area contributed by atoms with Crippen LogP contribution >= 0.6 is 0 Å². The predicted molar refractivity (Wildman–Crippen MR) is 83.7 cm³/mol. The Kier molecular flexibility index (Phi) is 3.49. The molecule has 4 fully saturated rings. The Labute approximate surface area is 128 Å². The first kappa shape index (κ1) is 13.7. The molecular formula is C18H27N3. The van der Waals surface area contributed by atoms with Crippen molar-refractivity contribution in [1.82, 2.24) is 15.3 Å². The van der Waals surface area contributed by atoms with Gasteiger partial charge in [-0.3, -0.25) is 0 Å². The van der Waals surface area contributed by atoms with Crippen LogP contribution in [-0.4, -0.2) is 16.5 Å². The van der Waals surface area contributed by atoms with Crippen molar-refractivity contribution in [2.24, 2.45) is 23.2 Å². The second-order valence-corrected chi connectivity index (χ2v) is 7.84. The highest BCUT2D eigenvalue weighted by molar-refractivity contribution is 5.18. The first-order valence-electron chi connectivity index (χ1n) is 8.77. The minimum atomic E-state index is 0.465. The molecule has 114 valence electrons. The smallest absolute Gasteiger partial charge is 0.115 e. The molecule has 0 aliphatic heterocycles. The number of nitrogens with zero attached hydrogens (tertiary/aromatic N) is 2. The molecule has 1 unspecified atom stereocenters. The Morgan fingerprint density at radius 2 is 1.67 bits per heavy atom. The van der Waals surface area contributed by atoms with E-state index in [1.165, 1.54) is 50.5 Å². The van der Waals surface area contributed by atoms with Crippen molar-refractivity contribution in [3.63, 3.8) is 0 Å². The molecule has 0 saturated heterocycles. The zero-order chi connectivity index (χ0) is 14.3. The van der Waals surface area contributed by atoms with Crippen LogP contribution in [0.3, 0.4) is 0 Å². The number of hydrogen-bond acceptors (Lipinski definition) is 3. The number of rotatable bonds is 5.